The van der Waals surface area contributed by atoms with Crippen LogP contribution in [0.5, 0.6) is 5.75 Å². The lowest BCUT2D eigenvalue weighted by atomic mass is 10.1. The fraction of sp³-hybridized carbons (Fsp3) is 0.350. The summed E-state index contributed by atoms with van der Waals surface area (Å²) in [7, 11) is -2.24. The summed E-state index contributed by atoms with van der Waals surface area (Å²) < 4.78 is 32.5. The molecule has 1 N–H and O–H groups in total. The average molecular weight is 388 g/mol. The van der Waals surface area contributed by atoms with Crippen LogP contribution in [0.2, 0.25) is 0 Å². The number of sulfonamides is 1. The van der Waals surface area contributed by atoms with Gasteiger partial charge in [0.05, 0.1) is 7.11 Å². The minimum absolute atomic E-state index is 0.0441. The molecule has 6 nitrogen and oxygen atoms in total. The second-order valence-electron chi connectivity index (χ2n) is 6.47. The third kappa shape index (κ3) is 4.48. The highest BCUT2D eigenvalue weighted by molar-refractivity contribution is 7.89. The van der Waals surface area contributed by atoms with Crippen molar-refractivity contribution in [1.82, 2.24) is 9.62 Å². The van der Waals surface area contributed by atoms with E-state index < -0.39 is 10.0 Å². The Balaban J connectivity index is 1.75. The molecule has 1 amide bonds. The van der Waals surface area contributed by atoms with Crippen LogP contribution in [0.25, 0.3) is 0 Å². The summed E-state index contributed by atoms with van der Waals surface area (Å²) in [6, 6.07) is 14.4. The molecule has 0 aromatic heterocycles. The summed E-state index contributed by atoms with van der Waals surface area (Å²) in [6.45, 7) is 1.47. The molecule has 0 spiro atoms. The highest BCUT2D eigenvalue weighted by Crippen LogP contribution is 2.29. The van der Waals surface area contributed by atoms with E-state index in [1.54, 1.807) is 6.07 Å². The number of rotatable bonds is 7. The minimum Gasteiger partial charge on any atom is -0.495 e. The predicted molar refractivity (Wildman–Crippen MR) is 103 cm³/mol. The zero-order valence-corrected chi connectivity index (χ0v) is 16.2. The molecule has 0 aliphatic carbocycles. The van der Waals surface area contributed by atoms with E-state index in [9.17, 15) is 13.2 Å². The monoisotopic (exact) mass is 388 g/mol. The molecule has 1 fully saturated rings. The first-order valence-electron chi connectivity index (χ1n) is 9.02. The Kier molecular flexibility index (Phi) is 6.13. The molecule has 3 rings (SSSR count). The first-order valence-corrected chi connectivity index (χ1v) is 10.5. The molecule has 0 saturated carbocycles. The number of ether oxygens (including phenoxy) is 1. The lowest BCUT2D eigenvalue weighted by molar-refractivity contribution is 0.0954. The lowest BCUT2D eigenvalue weighted by Crippen LogP contribution is -2.29. The van der Waals surface area contributed by atoms with Crippen LogP contribution in [-0.2, 0) is 16.4 Å². The Morgan fingerprint density at radius 3 is 2.48 bits per heavy atom. The number of amides is 1. The van der Waals surface area contributed by atoms with E-state index in [-0.39, 0.29) is 16.6 Å². The van der Waals surface area contributed by atoms with E-state index >= 15 is 0 Å². The van der Waals surface area contributed by atoms with Crippen molar-refractivity contribution in [2.75, 3.05) is 26.7 Å². The third-order valence-electron chi connectivity index (χ3n) is 4.65. The topological polar surface area (TPSA) is 75.7 Å². The summed E-state index contributed by atoms with van der Waals surface area (Å²) in [4.78, 5) is 12.5. The van der Waals surface area contributed by atoms with Crippen molar-refractivity contribution in [3.63, 3.8) is 0 Å². The number of carbonyl (C=O) groups is 1. The minimum atomic E-state index is -3.67. The molecule has 0 atom stereocenters. The Morgan fingerprint density at radius 1 is 1.11 bits per heavy atom. The summed E-state index contributed by atoms with van der Waals surface area (Å²) in [6.07, 6.45) is 2.41. The molecule has 0 unspecified atom stereocenters. The van der Waals surface area contributed by atoms with Crippen molar-refractivity contribution < 1.29 is 17.9 Å². The first-order chi connectivity index (χ1) is 13.0. The van der Waals surface area contributed by atoms with E-state index in [0.717, 1.165) is 18.4 Å². The second kappa shape index (κ2) is 8.54. The molecule has 0 radical (unpaired) electrons. The smallest absolute Gasteiger partial charge is 0.251 e. The number of methoxy groups -OCH3 is 1. The fourth-order valence-electron chi connectivity index (χ4n) is 3.15. The van der Waals surface area contributed by atoms with Gasteiger partial charge in [-0.3, -0.25) is 4.79 Å². The molecule has 0 bridgehead atoms. The fourth-order valence-corrected chi connectivity index (χ4v) is 4.85. The van der Waals surface area contributed by atoms with Crippen LogP contribution in [0.3, 0.4) is 0 Å². The maximum absolute atomic E-state index is 12.9. The van der Waals surface area contributed by atoms with Gasteiger partial charge in [0.15, 0.2) is 0 Å². The number of nitrogens with zero attached hydrogens (tertiary/aromatic N) is 1. The van der Waals surface area contributed by atoms with Gasteiger partial charge < -0.3 is 10.1 Å². The molecule has 7 heteroatoms. The Bertz CT molecular complexity index is 891. The molecule has 144 valence electrons. The number of hydrogen-bond donors (Lipinski definition) is 1. The Hall–Kier alpha value is -2.38. The first kappa shape index (κ1) is 19.4. The van der Waals surface area contributed by atoms with Crippen LogP contribution < -0.4 is 10.1 Å². The van der Waals surface area contributed by atoms with Crippen molar-refractivity contribution >= 4 is 15.9 Å². The van der Waals surface area contributed by atoms with Gasteiger partial charge in [-0.1, -0.05) is 30.3 Å². The molecule has 1 aliphatic heterocycles. The molecule has 1 heterocycles. The number of carbonyl (C=O) groups excluding carboxylic acids is 1. The number of benzene rings is 2. The maximum atomic E-state index is 12.9. The zero-order chi connectivity index (χ0) is 19.3. The van der Waals surface area contributed by atoms with E-state index in [2.05, 4.69) is 5.32 Å². The molecular weight excluding hydrogens is 364 g/mol. The zero-order valence-electron chi connectivity index (χ0n) is 15.3. The van der Waals surface area contributed by atoms with Crippen molar-refractivity contribution in [3.05, 3.63) is 59.7 Å². The van der Waals surface area contributed by atoms with Crippen molar-refractivity contribution in [2.45, 2.75) is 24.2 Å². The van der Waals surface area contributed by atoms with Gasteiger partial charge in [0.2, 0.25) is 10.0 Å². The number of hydrogen-bond acceptors (Lipinski definition) is 4. The van der Waals surface area contributed by atoms with Gasteiger partial charge in [0, 0.05) is 25.2 Å². The maximum Gasteiger partial charge on any atom is 0.251 e. The van der Waals surface area contributed by atoms with Crippen LogP contribution in [-0.4, -0.2) is 45.4 Å². The van der Waals surface area contributed by atoms with Gasteiger partial charge in [-0.15, -0.1) is 0 Å². The summed E-state index contributed by atoms with van der Waals surface area (Å²) in [5.41, 5.74) is 1.44. The van der Waals surface area contributed by atoms with Crippen molar-refractivity contribution in [2.24, 2.45) is 0 Å². The van der Waals surface area contributed by atoms with Crippen molar-refractivity contribution in [3.8, 4) is 5.75 Å². The Morgan fingerprint density at radius 2 is 1.81 bits per heavy atom. The van der Waals surface area contributed by atoms with Gasteiger partial charge in [-0.2, -0.15) is 4.31 Å². The van der Waals surface area contributed by atoms with Gasteiger partial charge in [-0.05, 0) is 43.0 Å². The molecular formula is C20H24N2O4S. The van der Waals surface area contributed by atoms with E-state index in [1.807, 2.05) is 30.3 Å². The van der Waals surface area contributed by atoms with E-state index in [0.29, 0.717) is 31.6 Å². The highest BCUT2D eigenvalue weighted by Gasteiger charge is 2.30. The summed E-state index contributed by atoms with van der Waals surface area (Å²) in [5, 5.41) is 2.84. The molecule has 1 aliphatic rings. The van der Waals surface area contributed by atoms with Gasteiger partial charge in [0.25, 0.3) is 5.91 Å². The van der Waals surface area contributed by atoms with E-state index in [4.69, 9.17) is 4.74 Å². The predicted octanol–water partition coefficient (Wildman–Crippen LogP) is 2.45. The highest BCUT2D eigenvalue weighted by atomic mass is 32.2. The summed E-state index contributed by atoms with van der Waals surface area (Å²) in [5.74, 6) is -0.0470. The molecule has 27 heavy (non-hydrogen) atoms. The SMILES string of the molecule is COc1ccc(C(=O)NCCc2ccccc2)cc1S(=O)(=O)N1CCCC1. The van der Waals surface area contributed by atoms with Crippen LogP contribution >= 0.6 is 0 Å². The normalized spacial score (nSPS) is 14.9. The van der Waals surface area contributed by atoms with E-state index in [1.165, 1.54) is 23.5 Å². The molecule has 2 aromatic rings. The van der Waals surface area contributed by atoms with Crippen LogP contribution in [0, 0.1) is 0 Å². The van der Waals surface area contributed by atoms with Crippen molar-refractivity contribution in [1.29, 1.82) is 0 Å². The quantitative estimate of drug-likeness (QED) is 0.791. The third-order valence-corrected chi connectivity index (χ3v) is 6.57. The standard InChI is InChI=1S/C20H24N2O4S/c1-26-18-10-9-17(15-19(18)27(24,25)22-13-5-6-14-22)20(23)21-12-11-16-7-3-2-4-8-16/h2-4,7-10,15H,5-6,11-14H2,1H3,(H,21,23). The molecule has 1 saturated heterocycles. The average Bonchev–Trinajstić information content (AvgIpc) is 3.24. The lowest BCUT2D eigenvalue weighted by Gasteiger charge is -2.18. The van der Waals surface area contributed by atoms with Crippen LogP contribution in [0.15, 0.2) is 53.4 Å². The largest absolute Gasteiger partial charge is 0.495 e. The molecule has 2 aromatic carbocycles. The van der Waals surface area contributed by atoms with Gasteiger partial charge in [0.1, 0.15) is 10.6 Å². The second-order valence-corrected chi connectivity index (χ2v) is 8.37. The summed E-state index contributed by atoms with van der Waals surface area (Å²) >= 11 is 0. The van der Waals surface area contributed by atoms with Crippen LogP contribution in [0.4, 0.5) is 0 Å². The van der Waals surface area contributed by atoms with Gasteiger partial charge in [-0.25, -0.2) is 8.42 Å². The van der Waals surface area contributed by atoms with Crippen LogP contribution in [0.1, 0.15) is 28.8 Å². The van der Waals surface area contributed by atoms with Gasteiger partial charge >= 0.3 is 0 Å². The Labute approximate surface area is 160 Å². The number of nitrogens with one attached hydrogen (secondary N) is 1.